The highest BCUT2D eigenvalue weighted by atomic mass is 16.5. The molecular weight excluding hydrogens is 322 g/mol. The van der Waals surface area contributed by atoms with Crippen LogP contribution in [0.25, 0.3) is 16.6 Å². The van der Waals surface area contributed by atoms with E-state index in [1.165, 1.54) is 0 Å². The molecule has 2 aromatic heterocycles. The number of hydrogen-bond donors (Lipinski definition) is 0. The fraction of sp³-hybridized carbons (Fsp3) is 0.471. The van der Waals surface area contributed by atoms with Crippen molar-refractivity contribution in [3.63, 3.8) is 0 Å². The molecular formula is C17H21N5O3. The first kappa shape index (κ1) is 16.0. The van der Waals surface area contributed by atoms with Gasteiger partial charge in [0.2, 0.25) is 0 Å². The molecule has 0 N–H and O–H groups in total. The zero-order chi connectivity index (χ0) is 17.4. The lowest BCUT2D eigenvalue weighted by atomic mass is 10.2. The fourth-order valence-corrected chi connectivity index (χ4v) is 3.26. The Balaban J connectivity index is 1.84. The van der Waals surface area contributed by atoms with Crippen molar-refractivity contribution in [3.05, 3.63) is 23.8 Å². The van der Waals surface area contributed by atoms with Crippen LogP contribution in [0.15, 0.2) is 12.1 Å². The Morgan fingerprint density at radius 2 is 1.80 bits per heavy atom. The average molecular weight is 343 g/mol. The average Bonchev–Trinajstić information content (AvgIpc) is 3.06. The maximum Gasteiger partial charge on any atom is 0.171 e. The Morgan fingerprint density at radius 1 is 1.08 bits per heavy atom. The number of hydrogen-bond acceptors (Lipinski definition) is 7. The summed E-state index contributed by atoms with van der Waals surface area (Å²) in [7, 11) is 3.24. The summed E-state index contributed by atoms with van der Waals surface area (Å²) in [6, 6.07) is 3.78. The number of methoxy groups -OCH3 is 2. The minimum atomic E-state index is 0.652. The van der Waals surface area contributed by atoms with Gasteiger partial charge in [-0.25, -0.2) is 4.98 Å². The molecule has 8 heteroatoms. The molecule has 0 radical (unpaired) electrons. The minimum Gasteiger partial charge on any atom is -0.493 e. The Kier molecular flexibility index (Phi) is 4.14. The molecule has 0 atom stereocenters. The summed E-state index contributed by atoms with van der Waals surface area (Å²) < 4.78 is 18.2. The summed E-state index contributed by atoms with van der Waals surface area (Å²) in [4.78, 5) is 7.04. The summed E-state index contributed by atoms with van der Waals surface area (Å²) in [5.74, 6) is 3.04. The predicted molar refractivity (Wildman–Crippen MR) is 92.2 cm³/mol. The lowest BCUT2D eigenvalue weighted by molar-refractivity contribution is 0.0329. The van der Waals surface area contributed by atoms with Crippen LogP contribution in [0.4, 0.5) is 0 Å². The highest BCUT2D eigenvalue weighted by molar-refractivity contribution is 5.93. The van der Waals surface area contributed by atoms with Crippen molar-refractivity contribution in [1.82, 2.24) is 24.5 Å². The zero-order valence-corrected chi connectivity index (χ0v) is 14.7. The van der Waals surface area contributed by atoms with Crippen LogP contribution in [-0.2, 0) is 11.3 Å². The van der Waals surface area contributed by atoms with E-state index in [0.29, 0.717) is 11.5 Å². The zero-order valence-electron chi connectivity index (χ0n) is 14.7. The Labute approximate surface area is 145 Å². The molecule has 0 unspecified atom stereocenters. The van der Waals surface area contributed by atoms with Crippen LogP contribution in [0.1, 0.15) is 11.6 Å². The first-order valence-corrected chi connectivity index (χ1v) is 8.27. The van der Waals surface area contributed by atoms with Crippen molar-refractivity contribution in [2.75, 3.05) is 40.5 Å². The molecule has 1 aliphatic heterocycles. The predicted octanol–water partition coefficient (Wildman–Crippen LogP) is 1.44. The Morgan fingerprint density at radius 3 is 2.52 bits per heavy atom. The maximum absolute atomic E-state index is 5.42. The molecule has 0 amide bonds. The van der Waals surface area contributed by atoms with Gasteiger partial charge in [0.25, 0.3) is 0 Å². The number of nitrogens with zero attached hydrogens (tertiary/aromatic N) is 5. The smallest absolute Gasteiger partial charge is 0.171 e. The second kappa shape index (κ2) is 6.45. The molecule has 0 saturated carbocycles. The van der Waals surface area contributed by atoms with Crippen LogP contribution < -0.4 is 9.47 Å². The monoisotopic (exact) mass is 343 g/mol. The molecule has 1 aliphatic rings. The van der Waals surface area contributed by atoms with Crippen molar-refractivity contribution < 1.29 is 14.2 Å². The second-order valence-electron chi connectivity index (χ2n) is 6.05. The molecule has 0 bridgehead atoms. The standard InChI is InChI=1S/C17H21N5O3/c1-11-18-13-9-15(24-3)14(23-2)8-12(13)17-20-19-16(22(11)17)10-21-4-6-25-7-5-21/h8-9H,4-7,10H2,1-3H3. The number of benzene rings is 1. The van der Waals surface area contributed by atoms with E-state index in [2.05, 4.69) is 15.1 Å². The number of morpholine rings is 1. The number of ether oxygens (including phenoxy) is 3. The van der Waals surface area contributed by atoms with Gasteiger partial charge in [-0.3, -0.25) is 9.30 Å². The summed E-state index contributed by atoms with van der Waals surface area (Å²) >= 11 is 0. The Bertz CT molecular complexity index is 918. The largest absolute Gasteiger partial charge is 0.493 e. The van der Waals surface area contributed by atoms with Crippen LogP contribution in [0.5, 0.6) is 11.5 Å². The molecule has 8 nitrogen and oxygen atoms in total. The number of fused-ring (bicyclic) bond motifs is 3. The molecule has 1 fully saturated rings. The molecule has 1 saturated heterocycles. The molecule has 25 heavy (non-hydrogen) atoms. The molecule has 3 aromatic rings. The third-order valence-corrected chi connectivity index (χ3v) is 4.55. The van der Waals surface area contributed by atoms with Gasteiger partial charge < -0.3 is 14.2 Å². The maximum atomic E-state index is 5.42. The highest BCUT2D eigenvalue weighted by Crippen LogP contribution is 2.33. The third-order valence-electron chi connectivity index (χ3n) is 4.55. The number of aryl methyl sites for hydroxylation is 1. The fourth-order valence-electron chi connectivity index (χ4n) is 3.26. The summed E-state index contributed by atoms with van der Waals surface area (Å²) in [6.07, 6.45) is 0. The normalized spacial score (nSPS) is 15.8. The van der Waals surface area contributed by atoms with Gasteiger partial charge >= 0.3 is 0 Å². The Hall–Kier alpha value is -2.45. The van der Waals surface area contributed by atoms with E-state index in [-0.39, 0.29) is 0 Å². The van der Waals surface area contributed by atoms with E-state index < -0.39 is 0 Å². The van der Waals surface area contributed by atoms with Gasteiger partial charge in [-0.05, 0) is 13.0 Å². The quantitative estimate of drug-likeness (QED) is 0.709. The van der Waals surface area contributed by atoms with Crippen molar-refractivity contribution in [3.8, 4) is 11.5 Å². The molecule has 4 rings (SSSR count). The minimum absolute atomic E-state index is 0.652. The third kappa shape index (κ3) is 2.77. The topological polar surface area (TPSA) is 74.0 Å². The van der Waals surface area contributed by atoms with Gasteiger partial charge in [0.1, 0.15) is 5.82 Å². The van der Waals surface area contributed by atoms with Crippen LogP contribution in [0, 0.1) is 6.92 Å². The van der Waals surface area contributed by atoms with E-state index >= 15 is 0 Å². The van der Waals surface area contributed by atoms with Gasteiger partial charge in [0.05, 0.1) is 39.5 Å². The first-order chi connectivity index (χ1) is 12.2. The first-order valence-electron chi connectivity index (χ1n) is 8.27. The van der Waals surface area contributed by atoms with Gasteiger partial charge in [-0.2, -0.15) is 0 Å². The van der Waals surface area contributed by atoms with E-state index in [1.807, 2.05) is 23.5 Å². The van der Waals surface area contributed by atoms with Gasteiger partial charge in [-0.15, -0.1) is 10.2 Å². The van der Waals surface area contributed by atoms with E-state index in [1.54, 1.807) is 14.2 Å². The van der Waals surface area contributed by atoms with Crippen molar-refractivity contribution in [2.24, 2.45) is 0 Å². The molecule has 132 valence electrons. The van der Waals surface area contributed by atoms with Crippen LogP contribution in [0.3, 0.4) is 0 Å². The molecule has 0 spiro atoms. The van der Waals surface area contributed by atoms with Crippen molar-refractivity contribution in [2.45, 2.75) is 13.5 Å². The molecule has 3 heterocycles. The summed E-state index contributed by atoms with van der Waals surface area (Å²) in [6.45, 7) is 6.02. The number of rotatable bonds is 4. The second-order valence-corrected chi connectivity index (χ2v) is 6.05. The molecule has 0 aliphatic carbocycles. The summed E-state index contributed by atoms with van der Waals surface area (Å²) in [5.41, 5.74) is 1.60. The van der Waals surface area contributed by atoms with Gasteiger partial charge in [0.15, 0.2) is 23.0 Å². The van der Waals surface area contributed by atoms with Crippen LogP contribution >= 0.6 is 0 Å². The van der Waals surface area contributed by atoms with Crippen molar-refractivity contribution >= 4 is 16.6 Å². The van der Waals surface area contributed by atoms with Gasteiger partial charge in [-0.1, -0.05) is 0 Å². The van der Waals surface area contributed by atoms with E-state index in [9.17, 15) is 0 Å². The number of aromatic nitrogens is 4. The summed E-state index contributed by atoms with van der Waals surface area (Å²) in [5, 5.41) is 9.73. The highest BCUT2D eigenvalue weighted by Gasteiger charge is 2.19. The van der Waals surface area contributed by atoms with E-state index in [0.717, 1.165) is 61.0 Å². The SMILES string of the molecule is COc1cc2nc(C)n3c(CN4CCOCC4)nnc3c2cc1OC. The van der Waals surface area contributed by atoms with Crippen LogP contribution in [0.2, 0.25) is 0 Å². The lowest BCUT2D eigenvalue weighted by Crippen LogP contribution is -2.36. The van der Waals surface area contributed by atoms with Gasteiger partial charge in [0, 0.05) is 24.5 Å². The van der Waals surface area contributed by atoms with Crippen molar-refractivity contribution in [1.29, 1.82) is 0 Å². The van der Waals surface area contributed by atoms with Crippen LogP contribution in [-0.4, -0.2) is 65.0 Å². The van der Waals surface area contributed by atoms with E-state index in [4.69, 9.17) is 19.2 Å². The lowest BCUT2D eigenvalue weighted by Gasteiger charge is -2.25. The molecule has 1 aromatic carbocycles.